The first-order valence-electron chi connectivity index (χ1n) is 8.99. The van der Waals surface area contributed by atoms with Crippen LogP contribution in [-0.4, -0.2) is 56.6 Å². The van der Waals surface area contributed by atoms with Crippen molar-refractivity contribution in [2.75, 3.05) is 39.2 Å². The first kappa shape index (κ1) is 20.0. The second kappa shape index (κ2) is 9.43. The molecule has 1 heterocycles. The molecule has 0 aliphatic carbocycles. The van der Waals surface area contributed by atoms with Gasteiger partial charge in [-0.05, 0) is 57.8 Å². The number of nitrogens with one attached hydrogen (secondary N) is 2. The zero-order valence-electron chi connectivity index (χ0n) is 16.0. The van der Waals surface area contributed by atoms with Crippen LogP contribution in [0.2, 0.25) is 0 Å². The van der Waals surface area contributed by atoms with Gasteiger partial charge in [0.15, 0.2) is 0 Å². The number of nitrogens with zero attached hydrogens (tertiary/aromatic N) is 1. The molecule has 1 aromatic rings. The second-order valence-corrected chi connectivity index (χ2v) is 6.80. The number of anilines is 1. The van der Waals surface area contributed by atoms with E-state index in [9.17, 15) is 9.59 Å². The number of rotatable bonds is 6. The molecule has 1 saturated heterocycles. The Labute approximate surface area is 155 Å². The van der Waals surface area contributed by atoms with E-state index in [1.54, 1.807) is 25.3 Å². The molecule has 2 amide bonds. The first-order chi connectivity index (χ1) is 12.4. The maximum absolute atomic E-state index is 12.1. The molecule has 0 saturated carbocycles. The Morgan fingerprint density at radius 2 is 1.85 bits per heavy atom. The van der Waals surface area contributed by atoms with E-state index >= 15 is 0 Å². The van der Waals surface area contributed by atoms with E-state index in [1.165, 1.54) is 7.11 Å². The zero-order chi connectivity index (χ0) is 19.1. The van der Waals surface area contributed by atoms with Crippen molar-refractivity contribution in [1.82, 2.24) is 10.2 Å². The lowest BCUT2D eigenvalue weighted by atomic mass is 9.96. The molecule has 1 aromatic carbocycles. The van der Waals surface area contributed by atoms with E-state index in [4.69, 9.17) is 9.47 Å². The topological polar surface area (TPSA) is 79.9 Å². The van der Waals surface area contributed by atoms with Crippen LogP contribution in [0.25, 0.3) is 0 Å². The van der Waals surface area contributed by atoms with Crippen LogP contribution < -0.4 is 20.1 Å². The molecule has 1 aliphatic heterocycles. The SMILES string of the molecule is COc1ccc(NC(=O)C(=O)NCC2CCN(C(C)C)CC2)c(OC)c1. The number of methoxy groups -OCH3 is 2. The number of benzene rings is 1. The summed E-state index contributed by atoms with van der Waals surface area (Å²) in [6.07, 6.45) is 2.07. The van der Waals surface area contributed by atoms with Gasteiger partial charge >= 0.3 is 11.8 Å². The van der Waals surface area contributed by atoms with Gasteiger partial charge in [0, 0.05) is 18.7 Å². The fourth-order valence-electron chi connectivity index (χ4n) is 3.07. The molecular formula is C19H29N3O4. The molecule has 0 atom stereocenters. The third-order valence-corrected chi connectivity index (χ3v) is 4.79. The predicted molar refractivity (Wildman–Crippen MR) is 101 cm³/mol. The Bertz CT molecular complexity index is 625. The molecular weight excluding hydrogens is 334 g/mol. The highest BCUT2D eigenvalue weighted by atomic mass is 16.5. The highest BCUT2D eigenvalue weighted by Gasteiger charge is 2.22. The van der Waals surface area contributed by atoms with Gasteiger partial charge in [0.2, 0.25) is 0 Å². The number of carbonyl (C=O) groups excluding carboxylic acids is 2. The van der Waals surface area contributed by atoms with Crippen LogP contribution in [0.1, 0.15) is 26.7 Å². The maximum atomic E-state index is 12.1. The van der Waals surface area contributed by atoms with Gasteiger partial charge < -0.3 is 25.0 Å². The highest BCUT2D eigenvalue weighted by molar-refractivity contribution is 6.39. The van der Waals surface area contributed by atoms with Crippen molar-refractivity contribution in [3.63, 3.8) is 0 Å². The monoisotopic (exact) mass is 363 g/mol. The van der Waals surface area contributed by atoms with E-state index in [2.05, 4.69) is 29.4 Å². The average Bonchev–Trinajstić information content (AvgIpc) is 2.66. The van der Waals surface area contributed by atoms with Crippen LogP contribution in [0.3, 0.4) is 0 Å². The Hall–Kier alpha value is -2.28. The Kier molecular flexibility index (Phi) is 7.26. The summed E-state index contributed by atoms with van der Waals surface area (Å²) in [5.41, 5.74) is 0.429. The van der Waals surface area contributed by atoms with Crippen LogP contribution >= 0.6 is 0 Å². The molecule has 0 spiro atoms. The van der Waals surface area contributed by atoms with Crippen LogP contribution in [0.5, 0.6) is 11.5 Å². The molecule has 26 heavy (non-hydrogen) atoms. The Morgan fingerprint density at radius 1 is 1.15 bits per heavy atom. The molecule has 2 N–H and O–H groups in total. The van der Waals surface area contributed by atoms with Crippen LogP contribution in [0.4, 0.5) is 5.69 Å². The minimum absolute atomic E-state index is 0.414. The first-order valence-corrected chi connectivity index (χ1v) is 8.99. The Morgan fingerprint density at radius 3 is 2.42 bits per heavy atom. The lowest BCUT2D eigenvalue weighted by molar-refractivity contribution is -0.136. The molecule has 7 heteroatoms. The van der Waals surface area contributed by atoms with Crippen molar-refractivity contribution in [3.8, 4) is 11.5 Å². The van der Waals surface area contributed by atoms with E-state index in [0.717, 1.165) is 25.9 Å². The van der Waals surface area contributed by atoms with Crippen molar-refractivity contribution in [2.24, 2.45) is 5.92 Å². The van der Waals surface area contributed by atoms with Gasteiger partial charge in [-0.1, -0.05) is 0 Å². The third-order valence-electron chi connectivity index (χ3n) is 4.79. The number of carbonyl (C=O) groups is 2. The van der Waals surface area contributed by atoms with Gasteiger partial charge in [-0.15, -0.1) is 0 Å². The highest BCUT2D eigenvalue weighted by Crippen LogP contribution is 2.28. The van der Waals surface area contributed by atoms with Crippen molar-refractivity contribution < 1.29 is 19.1 Å². The zero-order valence-corrected chi connectivity index (χ0v) is 16.0. The third kappa shape index (κ3) is 5.36. The molecule has 0 bridgehead atoms. The molecule has 7 nitrogen and oxygen atoms in total. The van der Waals surface area contributed by atoms with E-state index in [1.807, 2.05) is 0 Å². The van der Waals surface area contributed by atoms with Crippen molar-refractivity contribution in [3.05, 3.63) is 18.2 Å². The van der Waals surface area contributed by atoms with E-state index in [-0.39, 0.29) is 0 Å². The van der Waals surface area contributed by atoms with Gasteiger partial charge in [-0.3, -0.25) is 9.59 Å². The number of hydrogen-bond acceptors (Lipinski definition) is 5. The van der Waals surface area contributed by atoms with Gasteiger partial charge in [-0.25, -0.2) is 0 Å². The summed E-state index contributed by atoms with van der Waals surface area (Å²) < 4.78 is 10.3. The smallest absolute Gasteiger partial charge is 0.313 e. The summed E-state index contributed by atoms with van der Waals surface area (Å²) >= 11 is 0. The molecule has 144 valence electrons. The van der Waals surface area contributed by atoms with Crippen molar-refractivity contribution in [2.45, 2.75) is 32.7 Å². The van der Waals surface area contributed by atoms with Crippen LogP contribution in [0, 0.1) is 5.92 Å². The fourth-order valence-corrected chi connectivity index (χ4v) is 3.07. The van der Waals surface area contributed by atoms with E-state index < -0.39 is 11.8 Å². The molecule has 1 fully saturated rings. The van der Waals surface area contributed by atoms with Crippen LogP contribution in [0.15, 0.2) is 18.2 Å². The number of amides is 2. The number of ether oxygens (including phenoxy) is 2. The largest absolute Gasteiger partial charge is 0.497 e. The summed E-state index contributed by atoms with van der Waals surface area (Å²) in [6.45, 7) is 6.98. The summed E-state index contributed by atoms with van der Waals surface area (Å²) in [5, 5.41) is 5.32. The fraction of sp³-hybridized carbons (Fsp3) is 0.579. The predicted octanol–water partition coefficient (Wildman–Crippen LogP) is 1.88. The summed E-state index contributed by atoms with van der Waals surface area (Å²) in [4.78, 5) is 26.6. The van der Waals surface area contributed by atoms with Gasteiger partial charge in [0.05, 0.1) is 19.9 Å². The number of piperidine rings is 1. The molecule has 0 radical (unpaired) electrons. The van der Waals surface area contributed by atoms with Crippen molar-refractivity contribution >= 4 is 17.5 Å². The number of likely N-dealkylation sites (tertiary alicyclic amines) is 1. The van der Waals surface area contributed by atoms with Gasteiger partial charge in [0.1, 0.15) is 11.5 Å². The van der Waals surface area contributed by atoms with E-state index in [0.29, 0.717) is 35.7 Å². The average molecular weight is 363 g/mol. The quantitative estimate of drug-likeness (QED) is 0.755. The maximum Gasteiger partial charge on any atom is 0.313 e. The lowest BCUT2D eigenvalue weighted by Crippen LogP contribution is -2.43. The second-order valence-electron chi connectivity index (χ2n) is 6.80. The Balaban J connectivity index is 1.82. The van der Waals surface area contributed by atoms with Gasteiger partial charge in [-0.2, -0.15) is 0 Å². The molecule has 0 aromatic heterocycles. The minimum Gasteiger partial charge on any atom is -0.497 e. The molecule has 2 rings (SSSR count). The molecule has 0 unspecified atom stereocenters. The van der Waals surface area contributed by atoms with Crippen LogP contribution in [-0.2, 0) is 9.59 Å². The number of hydrogen-bond donors (Lipinski definition) is 2. The summed E-state index contributed by atoms with van der Waals surface area (Å²) in [5.74, 6) is 0.128. The standard InChI is InChI=1S/C19H29N3O4/c1-13(2)22-9-7-14(8-10-22)12-20-18(23)19(24)21-16-6-5-15(25-3)11-17(16)26-4/h5-6,11,13-14H,7-10,12H2,1-4H3,(H,20,23)(H,21,24). The minimum atomic E-state index is -0.701. The summed E-state index contributed by atoms with van der Waals surface area (Å²) in [6, 6.07) is 5.54. The lowest BCUT2D eigenvalue weighted by Gasteiger charge is -2.34. The summed E-state index contributed by atoms with van der Waals surface area (Å²) in [7, 11) is 3.04. The van der Waals surface area contributed by atoms with Crippen molar-refractivity contribution in [1.29, 1.82) is 0 Å². The normalized spacial score (nSPS) is 15.6. The molecule has 1 aliphatic rings. The van der Waals surface area contributed by atoms with Gasteiger partial charge in [0.25, 0.3) is 0 Å².